The lowest BCUT2D eigenvalue weighted by molar-refractivity contribution is -0.138. The molecule has 1 fully saturated rings. The van der Waals surface area contributed by atoms with Gasteiger partial charge in [-0.15, -0.1) is 5.10 Å². The number of aliphatic carboxylic acids is 1. The van der Waals surface area contributed by atoms with E-state index in [1.807, 2.05) is 0 Å². The van der Waals surface area contributed by atoms with Crippen molar-refractivity contribution in [2.24, 2.45) is 5.92 Å². The molecule has 1 saturated heterocycles. The van der Waals surface area contributed by atoms with Gasteiger partial charge in [0.05, 0.1) is 12.7 Å². The first kappa shape index (κ1) is 14.3. The van der Waals surface area contributed by atoms with Crippen LogP contribution in [-0.2, 0) is 11.3 Å². The van der Waals surface area contributed by atoms with Crippen LogP contribution in [0.1, 0.15) is 19.3 Å². The van der Waals surface area contributed by atoms with Crippen LogP contribution in [0.5, 0.6) is 0 Å². The van der Waals surface area contributed by atoms with E-state index in [0.29, 0.717) is 26.2 Å². The first-order valence-electron chi connectivity index (χ1n) is 6.74. The highest BCUT2D eigenvalue weighted by atomic mass is 16.4. The molecule has 20 heavy (non-hydrogen) atoms. The normalized spacial score (nSPS) is 16.1. The highest BCUT2D eigenvalue weighted by molar-refractivity contribution is 5.74. The molecule has 1 aliphatic rings. The Kier molecular flexibility index (Phi) is 4.91. The summed E-state index contributed by atoms with van der Waals surface area (Å²) in [6.45, 7) is 2.32. The molecule has 0 aliphatic carbocycles. The zero-order valence-electron chi connectivity index (χ0n) is 11.2. The number of piperidine rings is 1. The molecular weight excluding hydrogens is 262 g/mol. The Balaban J connectivity index is 1.65. The molecule has 2 amide bonds. The molecule has 2 N–H and O–H groups in total. The van der Waals surface area contributed by atoms with Crippen molar-refractivity contribution in [2.75, 3.05) is 19.6 Å². The average molecular weight is 281 g/mol. The molecule has 2 heterocycles. The lowest BCUT2D eigenvalue weighted by atomic mass is 9.94. The summed E-state index contributed by atoms with van der Waals surface area (Å²) in [5, 5.41) is 19.1. The van der Waals surface area contributed by atoms with Crippen LogP contribution in [0.4, 0.5) is 4.79 Å². The third-order valence-electron chi connectivity index (χ3n) is 3.45. The SMILES string of the molecule is O=C(O)CC1CCN(C(=O)NCCn2ccnn2)CC1. The second-order valence-electron chi connectivity index (χ2n) is 4.93. The van der Waals surface area contributed by atoms with Crippen LogP contribution in [0, 0.1) is 5.92 Å². The summed E-state index contributed by atoms with van der Waals surface area (Å²) in [5.74, 6) is -0.576. The van der Waals surface area contributed by atoms with Crippen molar-refractivity contribution in [1.29, 1.82) is 0 Å². The van der Waals surface area contributed by atoms with Crippen LogP contribution in [-0.4, -0.2) is 56.6 Å². The van der Waals surface area contributed by atoms with Crippen molar-refractivity contribution >= 4 is 12.0 Å². The van der Waals surface area contributed by atoms with Gasteiger partial charge in [-0.05, 0) is 18.8 Å². The smallest absolute Gasteiger partial charge is 0.317 e. The van der Waals surface area contributed by atoms with Crippen molar-refractivity contribution in [3.05, 3.63) is 12.4 Å². The number of carboxylic acids is 1. The van der Waals surface area contributed by atoms with E-state index in [9.17, 15) is 9.59 Å². The summed E-state index contributed by atoms with van der Waals surface area (Å²) >= 11 is 0. The number of carbonyl (C=O) groups is 2. The molecule has 0 radical (unpaired) electrons. The monoisotopic (exact) mass is 281 g/mol. The fraction of sp³-hybridized carbons (Fsp3) is 0.667. The van der Waals surface area contributed by atoms with E-state index in [-0.39, 0.29) is 18.4 Å². The molecule has 2 rings (SSSR count). The Morgan fingerprint density at radius 3 is 2.70 bits per heavy atom. The summed E-state index contributed by atoms with van der Waals surface area (Å²) in [5.41, 5.74) is 0. The average Bonchev–Trinajstić information content (AvgIpc) is 2.92. The first-order chi connectivity index (χ1) is 9.65. The van der Waals surface area contributed by atoms with E-state index in [4.69, 9.17) is 5.11 Å². The Bertz CT molecular complexity index is 440. The van der Waals surface area contributed by atoms with Gasteiger partial charge in [0.15, 0.2) is 0 Å². The minimum Gasteiger partial charge on any atom is -0.481 e. The topological polar surface area (TPSA) is 100 Å². The van der Waals surface area contributed by atoms with Gasteiger partial charge in [0, 0.05) is 32.3 Å². The molecule has 1 aliphatic heterocycles. The third kappa shape index (κ3) is 4.22. The number of likely N-dealkylation sites (tertiary alicyclic amines) is 1. The standard InChI is InChI=1S/C12H19N5O3/c18-11(19)9-10-1-5-16(6-2-10)12(20)13-3-7-17-8-4-14-15-17/h4,8,10H,1-3,5-7,9H2,(H,13,20)(H,18,19). The molecule has 1 aromatic heterocycles. The number of carboxylic acid groups (broad SMARTS) is 1. The van der Waals surface area contributed by atoms with E-state index in [1.165, 1.54) is 0 Å². The van der Waals surface area contributed by atoms with Crippen LogP contribution in [0.2, 0.25) is 0 Å². The van der Waals surface area contributed by atoms with Gasteiger partial charge in [-0.3, -0.25) is 9.48 Å². The molecule has 1 aromatic rings. The summed E-state index contributed by atoms with van der Waals surface area (Å²) < 4.78 is 1.65. The van der Waals surface area contributed by atoms with E-state index in [1.54, 1.807) is 22.0 Å². The van der Waals surface area contributed by atoms with Gasteiger partial charge in [-0.2, -0.15) is 0 Å². The quantitative estimate of drug-likeness (QED) is 0.801. The summed E-state index contributed by atoms with van der Waals surface area (Å²) in [4.78, 5) is 24.3. The molecule has 110 valence electrons. The summed E-state index contributed by atoms with van der Waals surface area (Å²) in [7, 11) is 0. The number of rotatable bonds is 5. The maximum atomic E-state index is 11.9. The van der Waals surface area contributed by atoms with Crippen molar-refractivity contribution in [1.82, 2.24) is 25.2 Å². The van der Waals surface area contributed by atoms with E-state index in [0.717, 1.165) is 12.8 Å². The number of hydrogen-bond donors (Lipinski definition) is 2. The predicted molar refractivity (Wildman–Crippen MR) is 70.0 cm³/mol. The highest BCUT2D eigenvalue weighted by Crippen LogP contribution is 2.20. The number of nitrogens with one attached hydrogen (secondary N) is 1. The van der Waals surface area contributed by atoms with Crippen molar-refractivity contribution in [2.45, 2.75) is 25.8 Å². The van der Waals surface area contributed by atoms with E-state index in [2.05, 4.69) is 15.6 Å². The minimum absolute atomic E-state index is 0.0982. The fourth-order valence-electron chi connectivity index (χ4n) is 2.33. The molecule has 8 heteroatoms. The maximum absolute atomic E-state index is 11.9. The number of urea groups is 1. The Hall–Kier alpha value is -2.12. The molecule has 0 spiro atoms. The van der Waals surface area contributed by atoms with Crippen LogP contribution in [0.15, 0.2) is 12.4 Å². The van der Waals surface area contributed by atoms with Gasteiger partial charge in [-0.25, -0.2) is 4.79 Å². The Morgan fingerprint density at radius 2 is 2.10 bits per heavy atom. The second-order valence-corrected chi connectivity index (χ2v) is 4.93. The van der Waals surface area contributed by atoms with Gasteiger partial charge in [0.2, 0.25) is 0 Å². The van der Waals surface area contributed by atoms with Gasteiger partial charge >= 0.3 is 12.0 Å². The maximum Gasteiger partial charge on any atom is 0.317 e. The lowest BCUT2D eigenvalue weighted by Crippen LogP contribution is -2.45. The predicted octanol–water partition coefficient (Wildman–Crippen LogP) is 0.174. The summed E-state index contributed by atoms with van der Waals surface area (Å²) in [6, 6.07) is -0.0982. The van der Waals surface area contributed by atoms with Crippen LogP contribution in [0.25, 0.3) is 0 Å². The van der Waals surface area contributed by atoms with Gasteiger partial charge in [-0.1, -0.05) is 5.21 Å². The molecular formula is C12H19N5O3. The van der Waals surface area contributed by atoms with E-state index >= 15 is 0 Å². The number of amides is 2. The molecule has 0 aromatic carbocycles. The molecule has 0 saturated carbocycles. The van der Waals surface area contributed by atoms with Crippen LogP contribution in [0.3, 0.4) is 0 Å². The zero-order chi connectivity index (χ0) is 14.4. The molecule has 0 atom stereocenters. The Morgan fingerprint density at radius 1 is 1.35 bits per heavy atom. The van der Waals surface area contributed by atoms with Gasteiger partial charge in [0.25, 0.3) is 0 Å². The Labute approximate surface area is 116 Å². The summed E-state index contributed by atoms with van der Waals surface area (Å²) in [6.07, 6.45) is 5.03. The second kappa shape index (κ2) is 6.88. The van der Waals surface area contributed by atoms with Gasteiger partial charge in [0.1, 0.15) is 0 Å². The van der Waals surface area contributed by atoms with Crippen molar-refractivity contribution < 1.29 is 14.7 Å². The van der Waals surface area contributed by atoms with Crippen molar-refractivity contribution in [3.8, 4) is 0 Å². The van der Waals surface area contributed by atoms with E-state index < -0.39 is 5.97 Å². The minimum atomic E-state index is -0.763. The van der Waals surface area contributed by atoms with Crippen molar-refractivity contribution in [3.63, 3.8) is 0 Å². The molecule has 0 bridgehead atoms. The third-order valence-corrected chi connectivity index (χ3v) is 3.45. The number of nitrogens with zero attached hydrogens (tertiary/aromatic N) is 4. The first-order valence-corrected chi connectivity index (χ1v) is 6.74. The number of hydrogen-bond acceptors (Lipinski definition) is 4. The molecule has 8 nitrogen and oxygen atoms in total. The number of carbonyl (C=O) groups excluding carboxylic acids is 1. The van der Waals surface area contributed by atoms with Crippen LogP contribution < -0.4 is 5.32 Å². The number of aromatic nitrogens is 3. The highest BCUT2D eigenvalue weighted by Gasteiger charge is 2.23. The van der Waals surface area contributed by atoms with Gasteiger partial charge < -0.3 is 15.3 Å². The fourth-order valence-corrected chi connectivity index (χ4v) is 2.33. The lowest BCUT2D eigenvalue weighted by Gasteiger charge is -2.31. The molecule has 0 unspecified atom stereocenters. The van der Waals surface area contributed by atoms with Crippen LogP contribution >= 0.6 is 0 Å². The largest absolute Gasteiger partial charge is 0.481 e. The zero-order valence-corrected chi connectivity index (χ0v) is 11.2.